The number of nitrogens with two attached hydrogens (primary N) is 1. The zero-order chi connectivity index (χ0) is 15.5. The summed E-state index contributed by atoms with van der Waals surface area (Å²) in [5.74, 6) is 0.0700. The van der Waals surface area contributed by atoms with Crippen LogP contribution in [0.4, 0.5) is 0 Å². The van der Waals surface area contributed by atoms with Crippen LogP contribution in [0.15, 0.2) is 30.3 Å². The zero-order valence-electron chi connectivity index (χ0n) is 13.0. The highest BCUT2D eigenvalue weighted by molar-refractivity contribution is 7.80. The molecular weight excluding hydrogens is 284 g/mol. The molecule has 0 aliphatic heterocycles. The number of methoxy groups -OCH3 is 2. The highest BCUT2D eigenvalue weighted by Gasteiger charge is 2.18. The van der Waals surface area contributed by atoms with Gasteiger partial charge < -0.3 is 15.2 Å². The minimum absolute atomic E-state index is 0.0700. The Balaban J connectivity index is 2.69. The smallest absolute Gasteiger partial charge is 0.0816 e. The first-order valence-electron chi connectivity index (χ1n) is 7.23. The highest BCUT2D eigenvalue weighted by atomic mass is 32.1. The standard InChI is InChI=1S/C16H26N2O2S/c1-19-11-6-9-18(10-12-20-2)13-15(16(17)21)14-7-4-3-5-8-14/h3-5,7-8,15H,6,9-13H2,1-2H3,(H2,17,21). The normalized spacial score (nSPS) is 12.5. The molecule has 0 saturated heterocycles. The predicted molar refractivity (Wildman–Crippen MR) is 90.8 cm³/mol. The lowest BCUT2D eigenvalue weighted by atomic mass is 9.98. The van der Waals surface area contributed by atoms with Gasteiger partial charge in [0, 0.05) is 46.4 Å². The maximum Gasteiger partial charge on any atom is 0.0816 e. The Morgan fingerprint density at radius 2 is 1.81 bits per heavy atom. The molecule has 21 heavy (non-hydrogen) atoms. The van der Waals surface area contributed by atoms with E-state index in [0.717, 1.165) is 32.7 Å². The predicted octanol–water partition coefficient (Wildman–Crippen LogP) is 2.04. The SMILES string of the molecule is COCCCN(CCOC)CC(C(N)=S)c1ccccc1. The lowest BCUT2D eigenvalue weighted by molar-refractivity contribution is 0.132. The molecule has 1 aromatic carbocycles. The van der Waals surface area contributed by atoms with E-state index in [9.17, 15) is 0 Å². The number of hydrogen-bond donors (Lipinski definition) is 1. The summed E-state index contributed by atoms with van der Waals surface area (Å²) in [5, 5.41) is 0. The molecule has 2 N–H and O–H groups in total. The van der Waals surface area contributed by atoms with Crippen molar-refractivity contribution in [3.63, 3.8) is 0 Å². The second-order valence-corrected chi connectivity index (χ2v) is 5.48. The fraction of sp³-hybridized carbons (Fsp3) is 0.562. The Morgan fingerprint density at radius 3 is 2.38 bits per heavy atom. The molecule has 0 amide bonds. The zero-order valence-corrected chi connectivity index (χ0v) is 13.8. The molecule has 1 aromatic rings. The Kier molecular flexibility index (Phi) is 9.17. The van der Waals surface area contributed by atoms with Crippen molar-refractivity contribution in [3.8, 4) is 0 Å². The van der Waals surface area contributed by atoms with E-state index >= 15 is 0 Å². The van der Waals surface area contributed by atoms with Gasteiger partial charge in [-0.1, -0.05) is 42.5 Å². The van der Waals surface area contributed by atoms with Gasteiger partial charge in [-0.05, 0) is 12.0 Å². The molecule has 1 rings (SSSR count). The number of hydrogen-bond acceptors (Lipinski definition) is 4. The second kappa shape index (κ2) is 10.7. The Labute approximate surface area is 133 Å². The number of ether oxygens (including phenoxy) is 2. The van der Waals surface area contributed by atoms with Gasteiger partial charge in [0.1, 0.15) is 0 Å². The van der Waals surface area contributed by atoms with Crippen LogP contribution in [0.1, 0.15) is 17.9 Å². The van der Waals surface area contributed by atoms with Gasteiger partial charge in [0.25, 0.3) is 0 Å². The van der Waals surface area contributed by atoms with Crippen LogP contribution in [-0.4, -0.2) is 57.0 Å². The van der Waals surface area contributed by atoms with Gasteiger partial charge in [-0.15, -0.1) is 0 Å². The third-order valence-electron chi connectivity index (χ3n) is 3.42. The van der Waals surface area contributed by atoms with Crippen molar-refractivity contribution in [2.75, 3.05) is 47.1 Å². The van der Waals surface area contributed by atoms with Crippen molar-refractivity contribution in [1.82, 2.24) is 4.90 Å². The summed E-state index contributed by atoms with van der Waals surface area (Å²) in [7, 11) is 3.44. The molecule has 0 aliphatic rings. The molecule has 0 bridgehead atoms. The van der Waals surface area contributed by atoms with E-state index in [-0.39, 0.29) is 5.92 Å². The van der Waals surface area contributed by atoms with Crippen LogP contribution in [0.3, 0.4) is 0 Å². The molecule has 4 nitrogen and oxygen atoms in total. The number of nitrogens with zero attached hydrogens (tertiary/aromatic N) is 1. The maximum atomic E-state index is 5.95. The third kappa shape index (κ3) is 7.00. The first-order chi connectivity index (χ1) is 10.2. The first kappa shape index (κ1) is 18.0. The van der Waals surface area contributed by atoms with Crippen LogP contribution in [0.25, 0.3) is 0 Å². The molecule has 0 aromatic heterocycles. The van der Waals surface area contributed by atoms with Crippen molar-refractivity contribution in [2.45, 2.75) is 12.3 Å². The summed E-state index contributed by atoms with van der Waals surface area (Å²) in [5.41, 5.74) is 7.12. The summed E-state index contributed by atoms with van der Waals surface area (Å²) in [4.78, 5) is 2.87. The molecule has 118 valence electrons. The molecule has 0 saturated carbocycles. The monoisotopic (exact) mass is 310 g/mol. The van der Waals surface area contributed by atoms with Crippen molar-refractivity contribution < 1.29 is 9.47 Å². The van der Waals surface area contributed by atoms with E-state index in [0.29, 0.717) is 11.6 Å². The average molecular weight is 310 g/mol. The van der Waals surface area contributed by atoms with Crippen molar-refractivity contribution in [1.29, 1.82) is 0 Å². The Bertz CT molecular complexity index is 401. The van der Waals surface area contributed by atoms with Crippen molar-refractivity contribution in [3.05, 3.63) is 35.9 Å². The van der Waals surface area contributed by atoms with Crippen LogP contribution >= 0.6 is 12.2 Å². The lowest BCUT2D eigenvalue weighted by Gasteiger charge is -2.27. The van der Waals surface area contributed by atoms with Gasteiger partial charge in [-0.3, -0.25) is 4.90 Å². The second-order valence-electron chi connectivity index (χ2n) is 5.01. The molecule has 1 unspecified atom stereocenters. The van der Waals surface area contributed by atoms with Crippen LogP contribution < -0.4 is 5.73 Å². The Hall–Kier alpha value is -1.01. The minimum Gasteiger partial charge on any atom is -0.393 e. The highest BCUT2D eigenvalue weighted by Crippen LogP contribution is 2.17. The van der Waals surface area contributed by atoms with E-state index in [1.807, 2.05) is 18.2 Å². The van der Waals surface area contributed by atoms with Crippen LogP contribution in [0, 0.1) is 0 Å². The molecule has 1 atom stereocenters. The van der Waals surface area contributed by atoms with E-state index in [1.165, 1.54) is 5.56 Å². The van der Waals surface area contributed by atoms with Crippen molar-refractivity contribution >= 4 is 17.2 Å². The van der Waals surface area contributed by atoms with Crippen molar-refractivity contribution in [2.24, 2.45) is 5.73 Å². The van der Waals surface area contributed by atoms with Gasteiger partial charge in [0.05, 0.1) is 11.6 Å². The van der Waals surface area contributed by atoms with Crippen LogP contribution in [0.5, 0.6) is 0 Å². The van der Waals surface area contributed by atoms with E-state index in [1.54, 1.807) is 14.2 Å². The van der Waals surface area contributed by atoms with Gasteiger partial charge >= 0.3 is 0 Å². The molecule has 5 heteroatoms. The molecule has 0 radical (unpaired) electrons. The van der Waals surface area contributed by atoms with Gasteiger partial charge in [-0.25, -0.2) is 0 Å². The minimum atomic E-state index is 0.0700. The number of thiocarbonyl (C=S) groups is 1. The fourth-order valence-electron chi connectivity index (χ4n) is 2.25. The summed E-state index contributed by atoms with van der Waals surface area (Å²) < 4.78 is 10.3. The molecule has 0 heterocycles. The lowest BCUT2D eigenvalue weighted by Crippen LogP contribution is -2.37. The van der Waals surface area contributed by atoms with Gasteiger partial charge in [-0.2, -0.15) is 0 Å². The Morgan fingerprint density at radius 1 is 1.14 bits per heavy atom. The van der Waals surface area contributed by atoms with Crippen LogP contribution in [0.2, 0.25) is 0 Å². The van der Waals surface area contributed by atoms with Gasteiger partial charge in [0.15, 0.2) is 0 Å². The largest absolute Gasteiger partial charge is 0.393 e. The molecular formula is C16H26N2O2S. The molecule has 0 aliphatic carbocycles. The van der Waals surface area contributed by atoms with Crippen LogP contribution in [-0.2, 0) is 9.47 Å². The summed E-state index contributed by atoms with van der Waals surface area (Å²) in [6, 6.07) is 10.2. The van der Waals surface area contributed by atoms with E-state index in [2.05, 4.69) is 17.0 Å². The topological polar surface area (TPSA) is 47.7 Å². The fourth-order valence-corrected chi connectivity index (χ4v) is 2.46. The third-order valence-corrected chi connectivity index (χ3v) is 3.71. The average Bonchev–Trinajstić information content (AvgIpc) is 2.50. The number of rotatable bonds is 11. The summed E-state index contributed by atoms with van der Waals surface area (Å²) >= 11 is 5.26. The maximum absolute atomic E-state index is 5.95. The summed E-state index contributed by atoms with van der Waals surface area (Å²) in [6.07, 6.45) is 0.985. The summed E-state index contributed by atoms with van der Waals surface area (Å²) in [6.45, 7) is 4.08. The number of benzene rings is 1. The molecule has 0 spiro atoms. The first-order valence-corrected chi connectivity index (χ1v) is 7.64. The van der Waals surface area contributed by atoms with E-state index < -0.39 is 0 Å². The molecule has 0 fully saturated rings. The van der Waals surface area contributed by atoms with E-state index in [4.69, 9.17) is 27.4 Å². The van der Waals surface area contributed by atoms with Gasteiger partial charge in [0.2, 0.25) is 0 Å². The quantitative estimate of drug-likeness (QED) is 0.501.